The predicted molar refractivity (Wildman–Crippen MR) is 87.5 cm³/mol. The highest BCUT2D eigenvalue weighted by Gasteiger charge is 2.12. The van der Waals surface area contributed by atoms with Crippen LogP contribution in [0.4, 0.5) is 4.39 Å². The summed E-state index contributed by atoms with van der Waals surface area (Å²) in [5, 5.41) is 3.55. The molecule has 0 amide bonds. The van der Waals surface area contributed by atoms with E-state index in [0.717, 1.165) is 24.8 Å². The molecule has 0 aromatic heterocycles. The van der Waals surface area contributed by atoms with Gasteiger partial charge in [0.25, 0.3) is 0 Å². The first kappa shape index (κ1) is 16.0. The number of nitrogens with one attached hydrogen (secondary N) is 1. The number of halogens is 2. The van der Waals surface area contributed by atoms with E-state index in [-0.39, 0.29) is 16.9 Å². The van der Waals surface area contributed by atoms with Crippen molar-refractivity contribution in [1.29, 1.82) is 0 Å². The molecule has 0 radical (unpaired) electrons. The van der Waals surface area contributed by atoms with E-state index in [1.807, 2.05) is 13.1 Å². The largest absolute Gasteiger partial charge is 0.317 e. The Labute approximate surface area is 131 Å². The minimum absolute atomic E-state index is 0.244. The van der Waals surface area contributed by atoms with Gasteiger partial charge in [0.2, 0.25) is 0 Å². The summed E-state index contributed by atoms with van der Waals surface area (Å²) in [5.41, 5.74) is 3.54. The fourth-order valence-corrected chi connectivity index (χ4v) is 2.74. The molecule has 0 saturated carbocycles. The molecule has 0 fully saturated rings. The number of hydrogen-bond donors (Lipinski definition) is 1. The Morgan fingerprint density at radius 2 is 1.81 bits per heavy atom. The van der Waals surface area contributed by atoms with Crippen LogP contribution in [0, 0.1) is 12.7 Å². The van der Waals surface area contributed by atoms with Gasteiger partial charge in [0.1, 0.15) is 5.82 Å². The van der Waals surface area contributed by atoms with Gasteiger partial charge in [-0.3, -0.25) is 0 Å². The van der Waals surface area contributed by atoms with Crippen LogP contribution in [0.1, 0.15) is 23.1 Å². The van der Waals surface area contributed by atoms with Gasteiger partial charge in [0.15, 0.2) is 0 Å². The lowest BCUT2D eigenvalue weighted by molar-refractivity contribution is 0.518. The Balaban J connectivity index is 2.01. The van der Waals surface area contributed by atoms with E-state index in [4.69, 9.17) is 11.6 Å². The van der Waals surface area contributed by atoms with Crippen LogP contribution in [0.15, 0.2) is 42.5 Å². The quantitative estimate of drug-likeness (QED) is 0.825. The van der Waals surface area contributed by atoms with Gasteiger partial charge in [-0.2, -0.15) is 0 Å². The van der Waals surface area contributed by atoms with Crippen molar-refractivity contribution in [2.24, 2.45) is 0 Å². The number of rotatable bonds is 6. The van der Waals surface area contributed by atoms with E-state index in [2.05, 4.69) is 36.5 Å². The molecule has 0 aliphatic rings. The summed E-state index contributed by atoms with van der Waals surface area (Å²) < 4.78 is 13.5. The third kappa shape index (κ3) is 4.29. The molecule has 112 valence electrons. The summed E-state index contributed by atoms with van der Waals surface area (Å²) in [6, 6.07) is 13.7. The van der Waals surface area contributed by atoms with Crippen LogP contribution in [-0.4, -0.2) is 13.1 Å². The zero-order valence-electron chi connectivity index (χ0n) is 12.5. The molecule has 1 nitrogen and oxygen atoms in total. The third-order valence-corrected chi connectivity index (χ3v) is 4.35. The summed E-state index contributed by atoms with van der Waals surface area (Å²) >= 11 is 6.03. The van der Waals surface area contributed by atoms with Crippen LogP contribution in [-0.2, 0) is 12.8 Å². The fraction of sp³-hybridized carbons (Fsp3) is 0.333. The van der Waals surface area contributed by atoms with Crippen molar-refractivity contribution in [1.82, 2.24) is 5.32 Å². The molecule has 2 aromatic carbocycles. The molecule has 0 aliphatic heterocycles. The normalized spacial score (nSPS) is 12.4. The first-order valence-electron chi connectivity index (χ1n) is 7.26. The number of benzene rings is 2. The molecule has 0 spiro atoms. The lowest BCUT2D eigenvalue weighted by atomic mass is 9.97. The number of hydrogen-bond acceptors (Lipinski definition) is 1. The van der Waals surface area contributed by atoms with E-state index in [1.54, 1.807) is 6.07 Å². The molecule has 0 saturated heterocycles. The van der Waals surface area contributed by atoms with Gasteiger partial charge >= 0.3 is 0 Å². The molecular formula is C18H21ClFN. The molecule has 2 aromatic rings. The third-order valence-electron chi connectivity index (χ3n) is 3.93. The Bertz CT molecular complexity index is 598. The highest BCUT2D eigenvalue weighted by atomic mass is 35.5. The van der Waals surface area contributed by atoms with E-state index in [9.17, 15) is 4.39 Å². The van der Waals surface area contributed by atoms with Crippen molar-refractivity contribution in [3.63, 3.8) is 0 Å². The van der Waals surface area contributed by atoms with Gasteiger partial charge in [-0.15, -0.1) is 0 Å². The SMILES string of the molecule is CNC(CCc1ccccc1C)Cc1cccc(F)c1Cl. The smallest absolute Gasteiger partial charge is 0.142 e. The molecule has 0 bridgehead atoms. The molecular weight excluding hydrogens is 285 g/mol. The van der Waals surface area contributed by atoms with Gasteiger partial charge in [0.05, 0.1) is 5.02 Å². The van der Waals surface area contributed by atoms with Crippen molar-refractivity contribution in [2.45, 2.75) is 32.2 Å². The van der Waals surface area contributed by atoms with Crippen molar-refractivity contribution >= 4 is 11.6 Å². The second-order valence-corrected chi connectivity index (χ2v) is 5.75. The van der Waals surface area contributed by atoms with Gasteiger partial charge in [0, 0.05) is 6.04 Å². The number of likely N-dealkylation sites (N-methyl/N-ethyl adjacent to an activating group) is 1. The minimum Gasteiger partial charge on any atom is -0.317 e. The first-order chi connectivity index (χ1) is 10.1. The van der Waals surface area contributed by atoms with E-state index in [1.165, 1.54) is 17.2 Å². The van der Waals surface area contributed by atoms with E-state index >= 15 is 0 Å². The van der Waals surface area contributed by atoms with Gasteiger partial charge < -0.3 is 5.32 Å². The summed E-state index contributed by atoms with van der Waals surface area (Å²) in [4.78, 5) is 0. The van der Waals surface area contributed by atoms with Gasteiger partial charge in [-0.05, 0) is 56.0 Å². The second kappa shape index (κ2) is 7.58. The predicted octanol–water partition coefficient (Wildman–Crippen LogP) is 4.55. The Morgan fingerprint density at radius 1 is 1.10 bits per heavy atom. The van der Waals surface area contributed by atoms with E-state index in [0.29, 0.717) is 0 Å². The topological polar surface area (TPSA) is 12.0 Å². The average molecular weight is 306 g/mol. The van der Waals surface area contributed by atoms with Crippen LogP contribution < -0.4 is 5.32 Å². The highest BCUT2D eigenvalue weighted by molar-refractivity contribution is 6.31. The standard InChI is InChI=1S/C18H21ClFN/c1-13-6-3-4-7-14(13)10-11-16(21-2)12-15-8-5-9-17(20)18(15)19/h3-9,16,21H,10-12H2,1-2H3. The summed E-state index contributed by atoms with van der Waals surface area (Å²) in [6.07, 6.45) is 2.73. The Kier molecular flexibility index (Phi) is 5.77. The maximum absolute atomic E-state index is 13.5. The second-order valence-electron chi connectivity index (χ2n) is 5.37. The molecule has 21 heavy (non-hydrogen) atoms. The van der Waals surface area contributed by atoms with Crippen molar-refractivity contribution in [2.75, 3.05) is 7.05 Å². The van der Waals surface area contributed by atoms with Gasteiger partial charge in [-0.25, -0.2) is 4.39 Å². The van der Waals surface area contributed by atoms with Crippen LogP contribution in [0.3, 0.4) is 0 Å². The van der Waals surface area contributed by atoms with Crippen LogP contribution >= 0.6 is 11.6 Å². The maximum atomic E-state index is 13.5. The summed E-state index contributed by atoms with van der Waals surface area (Å²) in [6.45, 7) is 2.13. The maximum Gasteiger partial charge on any atom is 0.142 e. The monoisotopic (exact) mass is 305 g/mol. The molecule has 1 unspecified atom stereocenters. The Morgan fingerprint density at radius 3 is 2.52 bits per heavy atom. The van der Waals surface area contributed by atoms with Crippen LogP contribution in [0.2, 0.25) is 5.02 Å². The Hall–Kier alpha value is -1.38. The lowest BCUT2D eigenvalue weighted by Crippen LogP contribution is -2.28. The van der Waals surface area contributed by atoms with Crippen molar-refractivity contribution < 1.29 is 4.39 Å². The van der Waals surface area contributed by atoms with Crippen molar-refractivity contribution in [3.8, 4) is 0 Å². The minimum atomic E-state index is -0.345. The summed E-state index contributed by atoms with van der Waals surface area (Å²) in [5.74, 6) is -0.345. The zero-order valence-corrected chi connectivity index (χ0v) is 13.3. The van der Waals surface area contributed by atoms with E-state index < -0.39 is 0 Å². The van der Waals surface area contributed by atoms with Gasteiger partial charge in [-0.1, -0.05) is 48.0 Å². The van der Waals surface area contributed by atoms with Crippen molar-refractivity contribution in [3.05, 3.63) is 70.0 Å². The van der Waals surface area contributed by atoms with Crippen LogP contribution in [0.25, 0.3) is 0 Å². The molecule has 0 aliphatic carbocycles. The molecule has 0 heterocycles. The molecule has 1 N–H and O–H groups in total. The molecule has 1 atom stereocenters. The highest BCUT2D eigenvalue weighted by Crippen LogP contribution is 2.22. The number of aryl methyl sites for hydroxylation is 2. The fourth-order valence-electron chi connectivity index (χ4n) is 2.54. The lowest BCUT2D eigenvalue weighted by Gasteiger charge is -2.18. The first-order valence-corrected chi connectivity index (χ1v) is 7.64. The van der Waals surface area contributed by atoms with Crippen LogP contribution in [0.5, 0.6) is 0 Å². The average Bonchev–Trinajstić information content (AvgIpc) is 2.49. The summed E-state index contributed by atoms with van der Waals surface area (Å²) in [7, 11) is 1.94. The molecule has 3 heteroatoms. The molecule has 2 rings (SSSR count). The zero-order chi connectivity index (χ0) is 15.2.